The number of hydrogen-bond acceptors (Lipinski definition) is 21. The number of fused-ring (bicyclic) bond motifs is 1. The van der Waals surface area contributed by atoms with E-state index in [9.17, 15) is 54.0 Å². The van der Waals surface area contributed by atoms with Crippen molar-refractivity contribution >= 4 is 41.2 Å². The van der Waals surface area contributed by atoms with Gasteiger partial charge in [0.1, 0.15) is 42.6 Å². The van der Waals surface area contributed by atoms with E-state index in [1.54, 1.807) is 0 Å². The summed E-state index contributed by atoms with van der Waals surface area (Å²) in [7, 11) is -16.1. The van der Waals surface area contributed by atoms with Gasteiger partial charge >= 0.3 is 24.2 Å². The molecule has 2 unspecified atom stereocenters. The van der Waals surface area contributed by atoms with Crippen molar-refractivity contribution < 1.29 is 81.4 Å². The predicted octanol–water partition coefficient (Wildman–Crippen LogP) is -5.00. The van der Waals surface area contributed by atoms with Gasteiger partial charge in [0.2, 0.25) is 5.91 Å². The lowest BCUT2D eigenvalue weighted by Crippen LogP contribution is -2.41. The Balaban J connectivity index is 1.21. The first-order chi connectivity index (χ1) is 23.8. The number of aliphatic hydroxyl groups excluding tert-OH is 3. The summed E-state index contributed by atoms with van der Waals surface area (Å²) in [6.45, 7) is -0.236. The highest BCUT2D eigenvalue weighted by molar-refractivity contribution is 7.64. The number of hydrogen-bond donors (Lipinski definition) is 11. The number of carbonyl (C=O) groups excluding carboxylic acids is 1. The van der Waals surface area contributed by atoms with Crippen molar-refractivity contribution in [2.24, 2.45) is 11.5 Å². The Morgan fingerprint density at radius 3 is 2.41 bits per heavy atom. The van der Waals surface area contributed by atoms with Gasteiger partial charge in [-0.3, -0.25) is 19.3 Å². The maximum atomic E-state index is 12.6. The first-order valence-corrected chi connectivity index (χ1v) is 19.1. The van der Waals surface area contributed by atoms with E-state index in [4.69, 9.17) is 39.9 Å². The lowest BCUT2D eigenvalue weighted by Gasteiger charge is -2.29. The summed E-state index contributed by atoms with van der Waals surface area (Å²) in [6.07, 6.45) is -6.72. The molecule has 13 N–H and O–H groups in total. The number of phosphoric ester groups is 2. The number of imidazole rings is 1. The van der Waals surface area contributed by atoms with Gasteiger partial charge in [0.05, 0.1) is 31.4 Å². The molecule has 0 aromatic carbocycles. The quantitative estimate of drug-likeness (QED) is 0.0753. The number of carbonyl (C=O) groups is 1. The third kappa shape index (κ3) is 9.20. The van der Waals surface area contributed by atoms with Crippen LogP contribution in [0.25, 0.3) is 11.2 Å². The number of amides is 1. The number of aliphatic hydroxyl groups is 3. The van der Waals surface area contributed by atoms with Crippen LogP contribution in [0.2, 0.25) is 0 Å². The van der Waals surface area contributed by atoms with Gasteiger partial charge in [-0.25, -0.2) is 14.5 Å². The maximum absolute atomic E-state index is 12.6. The van der Waals surface area contributed by atoms with Crippen LogP contribution in [0.3, 0.4) is 0 Å². The van der Waals surface area contributed by atoms with Crippen LogP contribution in [0.5, 0.6) is 0 Å². The summed E-state index contributed by atoms with van der Waals surface area (Å²) < 4.78 is 44.8. The van der Waals surface area contributed by atoms with Crippen LogP contribution in [-0.2, 0) is 43.3 Å². The monoisotopic (exact) mass is 788 g/mol. The standard InChI is InChI=1S/C23H34N8O17P3/c24-3-5-30-9-28-21-14(19(30)25)27-10-31(21)23-18(47-49(36,37)38)16(33)13(46-23)8-44-51(41,42)48-50(39,40)43-7-12-15(32)17(34)22(45-12)29-4-1-2-11(6-29)20(26)35/h1-2,4,6,9-10,12-13,15-18,22-23,25,32-34,36-38H,3,5,7-8,24H2,(H3-,26,35,39,40,41,42)/p+1/t12-,13-,15-,16-,17-,18-,22-,23-/m1/s1. The average molecular weight is 788 g/mol. The van der Waals surface area contributed by atoms with Crippen LogP contribution in [0, 0.1) is 12.0 Å². The molecule has 0 spiro atoms. The Labute approximate surface area is 287 Å². The molecule has 1 amide bonds. The Bertz CT molecular complexity index is 1750. The zero-order valence-electron chi connectivity index (χ0n) is 25.9. The van der Waals surface area contributed by atoms with Gasteiger partial charge in [-0.05, 0) is 6.08 Å². The summed E-state index contributed by atoms with van der Waals surface area (Å²) >= 11 is 0. The minimum atomic E-state index is -5.54. The van der Waals surface area contributed by atoms with Crippen molar-refractivity contribution in [3.05, 3.63) is 48.6 Å². The second-order valence-corrected chi connectivity index (χ2v) is 15.4. The minimum absolute atomic E-state index is 0.0131. The van der Waals surface area contributed by atoms with E-state index in [1.807, 2.05) is 0 Å². The van der Waals surface area contributed by atoms with Gasteiger partial charge < -0.3 is 55.5 Å². The number of aromatic nitrogens is 4. The number of primary amides is 1. The second-order valence-electron chi connectivity index (χ2n) is 11.1. The van der Waals surface area contributed by atoms with E-state index in [-0.39, 0.29) is 35.3 Å². The molecule has 0 bridgehead atoms. The molecule has 10 atom stereocenters. The SMILES string of the molecule is N=c1c2ncn([C@@H]3O[C@H](CO[P+]([O-])(O)OP(=O)(O)OC[C@H]4O[C@@H](N5[CH]C=CC(C(N)=O)=C5)[C@H](O)[C@@H]4O)[C@@H](O)[C@H]3O[P+](O)(O)O)c2ncn1CCN. The molecular formula is C23H35N8O17P3+. The van der Waals surface area contributed by atoms with Gasteiger partial charge in [-0.1, -0.05) is 10.4 Å². The van der Waals surface area contributed by atoms with Crippen LogP contribution >= 0.6 is 24.2 Å². The van der Waals surface area contributed by atoms with Crippen molar-refractivity contribution in [3.8, 4) is 0 Å². The molecule has 2 aromatic rings. The lowest BCUT2D eigenvalue weighted by molar-refractivity contribution is -0.238. The third-order valence-corrected chi connectivity index (χ3v) is 10.7. The molecule has 5 rings (SSSR count). The van der Waals surface area contributed by atoms with Crippen molar-refractivity contribution in [2.45, 2.75) is 55.6 Å². The number of nitrogens with zero attached hydrogens (tertiary/aromatic N) is 5. The molecule has 2 aromatic heterocycles. The zero-order chi connectivity index (χ0) is 37.5. The van der Waals surface area contributed by atoms with Crippen molar-refractivity contribution in [1.29, 1.82) is 5.41 Å². The Morgan fingerprint density at radius 1 is 1.06 bits per heavy atom. The van der Waals surface area contributed by atoms with Gasteiger partial charge in [0.15, 0.2) is 29.7 Å². The summed E-state index contributed by atoms with van der Waals surface area (Å²) in [5.74, 6) is -0.791. The molecule has 3 aliphatic rings. The Morgan fingerprint density at radius 2 is 1.75 bits per heavy atom. The number of ether oxygens (including phenoxy) is 2. The number of phosphoric acid groups is 2. The third-order valence-electron chi connectivity index (χ3n) is 7.57. The fourth-order valence-electron chi connectivity index (χ4n) is 5.24. The lowest BCUT2D eigenvalue weighted by atomic mass is 10.1. The normalized spacial score (nSPS) is 30.8. The Kier molecular flexibility index (Phi) is 12.1. The summed E-state index contributed by atoms with van der Waals surface area (Å²) in [5, 5.41) is 40.0. The second kappa shape index (κ2) is 15.5. The summed E-state index contributed by atoms with van der Waals surface area (Å²) in [4.78, 5) is 82.7. The molecule has 0 aliphatic carbocycles. The molecule has 25 nitrogen and oxygen atoms in total. The van der Waals surface area contributed by atoms with Crippen molar-refractivity contribution in [3.63, 3.8) is 0 Å². The first kappa shape index (κ1) is 39.8. The van der Waals surface area contributed by atoms with Gasteiger partial charge in [-0.2, -0.15) is 24.1 Å². The highest BCUT2D eigenvalue weighted by atomic mass is 31.3. The van der Waals surface area contributed by atoms with Crippen molar-refractivity contribution in [2.75, 3.05) is 19.8 Å². The Hall–Kier alpha value is -2.45. The predicted molar refractivity (Wildman–Crippen MR) is 164 cm³/mol. The van der Waals surface area contributed by atoms with Crippen molar-refractivity contribution in [1.82, 2.24) is 24.0 Å². The smallest absolute Gasteiger partial charge is 0.567 e. The van der Waals surface area contributed by atoms with E-state index in [1.165, 1.54) is 40.7 Å². The van der Waals surface area contributed by atoms with E-state index >= 15 is 0 Å². The molecule has 2 fully saturated rings. The molecule has 2 saturated heterocycles. The topological polar surface area (TPSA) is 389 Å². The number of nitrogens with one attached hydrogen (secondary N) is 1. The highest BCUT2D eigenvalue weighted by Crippen LogP contribution is 2.63. The fraction of sp³-hybridized carbons (Fsp3) is 0.522. The molecule has 5 heterocycles. The number of nitrogens with two attached hydrogens (primary N) is 2. The van der Waals surface area contributed by atoms with Gasteiger partial charge in [-0.15, -0.1) is 4.52 Å². The molecule has 0 saturated carbocycles. The average Bonchev–Trinajstić information content (AvgIpc) is 3.69. The zero-order valence-corrected chi connectivity index (χ0v) is 28.6. The van der Waals surface area contributed by atoms with Crippen LogP contribution in [0.4, 0.5) is 0 Å². The number of rotatable bonds is 15. The van der Waals surface area contributed by atoms with Gasteiger partial charge in [0.25, 0.3) is 0 Å². The molecule has 28 heteroatoms. The maximum Gasteiger partial charge on any atom is 0.567 e. The van der Waals surface area contributed by atoms with E-state index in [0.717, 1.165) is 10.9 Å². The largest absolute Gasteiger partial charge is 0.606 e. The van der Waals surface area contributed by atoms with Crippen LogP contribution < -0.4 is 21.8 Å². The molecule has 283 valence electrons. The molecule has 1 radical (unpaired) electrons. The summed E-state index contributed by atoms with van der Waals surface area (Å²) in [6, 6.07) is 0. The van der Waals surface area contributed by atoms with Crippen LogP contribution in [0.15, 0.2) is 36.6 Å². The van der Waals surface area contributed by atoms with Crippen LogP contribution in [0.1, 0.15) is 6.23 Å². The van der Waals surface area contributed by atoms with Crippen LogP contribution in [-0.4, -0.2) is 132 Å². The summed E-state index contributed by atoms with van der Waals surface area (Å²) in [5.41, 5.74) is 10.7. The van der Waals surface area contributed by atoms with E-state index in [0.29, 0.717) is 0 Å². The van der Waals surface area contributed by atoms with E-state index in [2.05, 4.69) is 14.3 Å². The minimum Gasteiger partial charge on any atom is -0.606 e. The molecule has 3 aliphatic heterocycles. The van der Waals surface area contributed by atoms with E-state index < -0.39 is 92.4 Å². The van der Waals surface area contributed by atoms with Gasteiger partial charge in [0, 0.05) is 19.3 Å². The molecule has 51 heavy (non-hydrogen) atoms. The first-order valence-electron chi connectivity index (χ1n) is 14.5. The molecular weight excluding hydrogens is 753 g/mol. The fourth-order valence-corrected chi connectivity index (χ4v) is 7.89. The highest BCUT2D eigenvalue weighted by Gasteiger charge is 2.55.